The molecule has 0 rings (SSSR count). The lowest BCUT2D eigenvalue weighted by Crippen LogP contribution is -2.13. The summed E-state index contributed by atoms with van der Waals surface area (Å²) < 4.78 is 36.2. The van der Waals surface area contributed by atoms with Crippen molar-refractivity contribution in [3.05, 3.63) is 12.2 Å². The van der Waals surface area contributed by atoms with Crippen molar-refractivity contribution in [2.75, 3.05) is 59.5 Å². The summed E-state index contributed by atoms with van der Waals surface area (Å²) in [5, 5.41) is 0. The summed E-state index contributed by atoms with van der Waals surface area (Å²) >= 11 is 0. The molecule has 0 aromatic heterocycles. The molecule has 0 radical (unpaired) electrons. The van der Waals surface area contributed by atoms with Gasteiger partial charge < -0.3 is 28.7 Å². The molecule has 9 heteroatoms. The van der Waals surface area contributed by atoms with E-state index in [0.29, 0.717) is 39.6 Å². The van der Waals surface area contributed by atoms with E-state index in [1.54, 1.807) is 0 Å². The molecular formula is C26H53O8P. The quantitative estimate of drug-likeness (QED) is 0.0677. The Labute approximate surface area is 214 Å². The van der Waals surface area contributed by atoms with Crippen LogP contribution in [0.5, 0.6) is 0 Å². The number of phosphoric ester groups is 1. The Kier molecular flexibility index (Phi) is 28.0. The summed E-state index contributed by atoms with van der Waals surface area (Å²) in [6, 6.07) is 0. The van der Waals surface area contributed by atoms with Crippen LogP contribution in [0.1, 0.15) is 96.8 Å². The number of hydrogen-bond acceptors (Lipinski definition) is 6. The summed E-state index contributed by atoms with van der Waals surface area (Å²) in [4.78, 5) is 17.0. The lowest BCUT2D eigenvalue weighted by Gasteiger charge is -2.08. The number of unbranched alkanes of at least 4 members (excludes halogenated alkanes) is 12. The Hall–Kier alpha value is -0.310. The predicted molar refractivity (Wildman–Crippen MR) is 141 cm³/mol. The summed E-state index contributed by atoms with van der Waals surface area (Å²) in [6.07, 6.45) is 23.1. The van der Waals surface area contributed by atoms with Crippen molar-refractivity contribution >= 4 is 7.82 Å². The van der Waals surface area contributed by atoms with Crippen LogP contribution in [-0.4, -0.2) is 69.2 Å². The van der Waals surface area contributed by atoms with Gasteiger partial charge in [0, 0.05) is 6.61 Å². The van der Waals surface area contributed by atoms with Gasteiger partial charge in [0.1, 0.15) is 0 Å². The molecule has 0 spiro atoms. The molecule has 0 fully saturated rings. The van der Waals surface area contributed by atoms with Crippen LogP contribution in [-0.2, 0) is 28.0 Å². The maximum absolute atomic E-state index is 10.5. The van der Waals surface area contributed by atoms with Gasteiger partial charge in [-0.1, -0.05) is 76.9 Å². The van der Waals surface area contributed by atoms with Gasteiger partial charge >= 0.3 is 7.82 Å². The first-order valence-electron chi connectivity index (χ1n) is 13.7. The lowest BCUT2D eigenvalue weighted by atomic mass is 10.1. The molecule has 35 heavy (non-hydrogen) atoms. The van der Waals surface area contributed by atoms with Crippen LogP contribution < -0.4 is 0 Å². The molecular weight excluding hydrogens is 471 g/mol. The molecule has 8 nitrogen and oxygen atoms in total. The van der Waals surface area contributed by atoms with Crippen molar-refractivity contribution in [2.45, 2.75) is 96.8 Å². The highest BCUT2D eigenvalue weighted by atomic mass is 31.2. The number of rotatable bonds is 29. The fraction of sp³-hybridized carbons (Fsp3) is 0.923. The van der Waals surface area contributed by atoms with Crippen LogP contribution in [0.3, 0.4) is 0 Å². The highest BCUT2D eigenvalue weighted by Gasteiger charge is 2.12. The first kappa shape index (κ1) is 34.7. The van der Waals surface area contributed by atoms with Gasteiger partial charge in [-0.05, 0) is 32.1 Å². The molecule has 0 saturated heterocycles. The van der Waals surface area contributed by atoms with Crippen LogP contribution in [0.15, 0.2) is 12.2 Å². The molecule has 0 aromatic rings. The molecule has 0 unspecified atom stereocenters. The minimum atomic E-state index is -4.41. The van der Waals surface area contributed by atoms with E-state index in [1.807, 2.05) is 0 Å². The van der Waals surface area contributed by atoms with Gasteiger partial charge in [-0.2, -0.15) is 0 Å². The standard InChI is InChI=1S/C26H53O8P/c1-2-3-4-5-6-7-8-9-10-11-12-13-14-15-16-17-18-30-19-20-31-21-22-32-23-24-33-25-26-34-35(27,28)29/h9-10H,2-8,11-26H2,1H3,(H2,27,28,29)/b10-9+. The minimum Gasteiger partial charge on any atom is -0.379 e. The molecule has 0 heterocycles. The van der Waals surface area contributed by atoms with E-state index in [9.17, 15) is 4.57 Å². The normalized spacial score (nSPS) is 12.2. The van der Waals surface area contributed by atoms with E-state index in [0.717, 1.165) is 13.0 Å². The van der Waals surface area contributed by atoms with Crippen LogP contribution in [0, 0.1) is 0 Å². The second-order valence-electron chi connectivity index (χ2n) is 8.71. The first-order chi connectivity index (χ1) is 17.1. The highest BCUT2D eigenvalue weighted by molar-refractivity contribution is 7.46. The molecule has 0 amide bonds. The van der Waals surface area contributed by atoms with Crippen molar-refractivity contribution in [3.8, 4) is 0 Å². The Balaban J connectivity index is 3.09. The number of hydrogen-bond donors (Lipinski definition) is 2. The number of ether oxygens (including phenoxy) is 4. The topological polar surface area (TPSA) is 104 Å². The van der Waals surface area contributed by atoms with E-state index in [2.05, 4.69) is 23.6 Å². The Morgan fingerprint density at radius 1 is 0.514 bits per heavy atom. The predicted octanol–water partition coefficient (Wildman–Crippen LogP) is 6.20. The third-order valence-corrected chi connectivity index (χ3v) is 5.92. The SMILES string of the molecule is CCCCCCCC/C=C/CCCCCCCCOCCOCCOCCOCCOP(=O)(O)O. The summed E-state index contributed by atoms with van der Waals surface area (Å²) in [7, 11) is -4.41. The van der Waals surface area contributed by atoms with Crippen molar-refractivity contribution < 1.29 is 37.8 Å². The molecule has 0 saturated carbocycles. The molecule has 0 aliphatic rings. The first-order valence-corrected chi connectivity index (χ1v) is 15.3. The number of phosphoric acid groups is 1. The average Bonchev–Trinajstić information content (AvgIpc) is 2.82. The molecule has 0 aliphatic heterocycles. The van der Waals surface area contributed by atoms with Crippen molar-refractivity contribution in [1.82, 2.24) is 0 Å². The zero-order valence-electron chi connectivity index (χ0n) is 22.2. The molecule has 210 valence electrons. The molecule has 0 bridgehead atoms. The van der Waals surface area contributed by atoms with Gasteiger partial charge in [0.05, 0.1) is 52.9 Å². The van der Waals surface area contributed by atoms with Crippen LogP contribution >= 0.6 is 7.82 Å². The molecule has 2 N–H and O–H groups in total. The van der Waals surface area contributed by atoms with E-state index in [4.69, 9.17) is 28.7 Å². The lowest BCUT2D eigenvalue weighted by molar-refractivity contribution is -0.00578. The Morgan fingerprint density at radius 2 is 0.886 bits per heavy atom. The van der Waals surface area contributed by atoms with Crippen LogP contribution in [0.4, 0.5) is 0 Å². The summed E-state index contributed by atoms with van der Waals surface area (Å²) in [5.74, 6) is 0. The van der Waals surface area contributed by atoms with Gasteiger partial charge in [0.15, 0.2) is 0 Å². The van der Waals surface area contributed by atoms with Gasteiger partial charge in [0.2, 0.25) is 0 Å². The average molecular weight is 525 g/mol. The monoisotopic (exact) mass is 524 g/mol. The fourth-order valence-corrected chi connectivity index (χ4v) is 3.74. The zero-order chi connectivity index (χ0) is 25.7. The van der Waals surface area contributed by atoms with Gasteiger partial charge in [-0.3, -0.25) is 4.52 Å². The van der Waals surface area contributed by atoms with Crippen LogP contribution in [0.2, 0.25) is 0 Å². The largest absolute Gasteiger partial charge is 0.469 e. The van der Waals surface area contributed by atoms with E-state index < -0.39 is 7.82 Å². The molecule has 0 aromatic carbocycles. The highest BCUT2D eigenvalue weighted by Crippen LogP contribution is 2.35. The Morgan fingerprint density at radius 3 is 1.34 bits per heavy atom. The maximum Gasteiger partial charge on any atom is 0.469 e. The fourth-order valence-electron chi connectivity index (χ4n) is 3.43. The van der Waals surface area contributed by atoms with E-state index >= 15 is 0 Å². The van der Waals surface area contributed by atoms with Gasteiger partial charge in [0.25, 0.3) is 0 Å². The molecule has 0 aliphatic carbocycles. The molecule has 0 atom stereocenters. The summed E-state index contributed by atoms with van der Waals surface area (Å²) in [5.41, 5.74) is 0. The zero-order valence-corrected chi connectivity index (χ0v) is 23.1. The second kappa shape index (κ2) is 28.3. The van der Waals surface area contributed by atoms with E-state index in [1.165, 1.54) is 83.5 Å². The third kappa shape index (κ3) is 33.7. The van der Waals surface area contributed by atoms with Crippen molar-refractivity contribution in [2.24, 2.45) is 0 Å². The van der Waals surface area contributed by atoms with E-state index in [-0.39, 0.29) is 13.2 Å². The second-order valence-corrected chi connectivity index (χ2v) is 9.95. The smallest absolute Gasteiger partial charge is 0.379 e. The maximum atomic E-state index is 10.5. The van der Waals surface area contributed by atoms with Crippen molar-refractivity contribution in [1.29, 1.82) is 0 Å². The third-order valence-electron chi connectivity index (χ3n) is 5.40. The Bertz CT molecular complexity index is 484. The van der Waals surface area contributed by atoms with Gasteiger partial charge in [-0.25, -0.2) is 4.57 Å². The number of allylic oxidation sites excluding steroid dienone is 2. The summed E-state index contributed by atoms with van der Waals surface area (Å²) in [6.45, 7) is 5.89. The minimum absolute atomic E-state index is 0.110. The van der Waals surface area contributed by atoms with Crippen LogP contribution in [0.25, 0.3) is 0 Å². The van der Waals surface area contributed by atoms with Crippen molar-refractivity contribution in [3.63, 3.8) is 0 Å². The van der Waals surface area contributed by atoms with Gasteiger partial charge in [-0.15, -0.1) is 0 Å².